The number of ether oxygens (including phenoxy) is 5. The van der Waals surface area contributed by atoms with Gasteiger partial charge in [-0.05, 0) is 49.8 Å². The summed E-state index contributed by atoms with van der Waals surface area (Å²) in [6.45, 7) is 1.18. The van der Waals surface area contributed by atoms with Crippen molar-refractivity contribution in [2.45, 2.75) is 61.5 Å². The molecule has 0 aliphatic carbocycles. The fourth-order valence-electron chi connectivity index (χ4n) is 5.50. The minimum atomic E-state index is -4.05. The number of sulfonamides is 1. The summed E-state index contributed by atoms with van der Waals surface area (Å²) in [6.07, 6.45) is 0.395. The van der Waals surface area contributed by atoms with Crippen LogP contribution in [-0.2, 0) is 30.7 Å². The van der Waals surface area contributed by atoms with Gasteiger partial charge < -0.3 is 34.1 Å². The summed E-state index contributed by atoms with van der Waals surface area (Å²) in [5, 5.41) is 14.3. The maximum Gasteiger partial charge on any atom is 0.407 e. The van der Waals surface area contributed by atoms with Crippen LogP contribution in [0.2, 0.25) is 0 Å². The van der Waals surface area contributed by atoms with Gasteiger partial charge in [0, 0.05) is 19.2 Å². The van der Waals surface area contributed by atoms with Crippen LogP contribution in [0.5, 0.6) is 11.5 Å². The van der Waals surface area contributed by atoms with Crippen molar-refractivity contribution >= 4 is 16.1 Å². The van der Waals surface area contributed by atoms with E-state index >= 15 is 0 Å². The van der Waals surface area contributed by atoms with Gasteiger partial charge in [-0.2, -0.15) is 4.31 Å². The van der Waals surface area contributed by atoms with Gasteiger partial charge in [0.1, 0.15) is 22.5 Å². The Kier molecular flexibility index (Phi) is 9.66. The van der Waals surface area contributed by atoms with Crippen molar-refractivity contribution in [3.8, 4) is 11.5 Å². The highest BCUT2D eigenvalue weighted by Crippen LogP contribution is 2.34. The Balaban J connectivity index is 1.35. The molecule has 2 fully saturated rings. The lowest BCUT2D eigenvalue weighted by Gasteiger charge is -2.31. The number of carbonyl (C=O) groups is 1. The van der Waals surface area contributed by atoms with Crippen LogP contribution in [0.25, 0.3) is 0 Å². The van der Waals surface area contributed by atoms with Gasteiger partial charge in [-0.25, -0.2) is 13.2 Å². The van der Waals surface area contributed by atoms with Crippen molar-refractivity contribution in [1.82, 2.24) is 9.62 Å². The van der Waals surface area contributed by atoms with Gasteiger partial charge >= 0.3 is 6.09 Å². The van der Waals surface area contributed by atoms with E-state index in [1.165, 1.54) is 17.5 Å². The number of nitrogens with zero attached hydrogens (tertiary/aromatic N) is 1. The Hall–Kier alpha value is -2.90. The first-order valence-corrected chi connectivity index (χ1v) is 15.5. The van der Waals surface area contributed by atoms with E-state index < -0.39 is 34.4 Å². The van der Waals surface area contributed by atoms with Crippen molar-refractivity contribution in [2.75, 3.05) is 40.0 Å². The zero-order valence-electron chi connectivity index (χ0n) is 23.1. The van der Waals surface area contributed by atoms with Gasteiger partial charge in [0.15, 0.2) is 6.29 Å². The number of alkyl carbamates (subject to hydrolysis) is 1. The molecule has 11 nitrogen and oxygen atoms in total. The maximum absolute atomic E-state index is 13.9. The van der Waals surface area contributed by atoms with E-state index in [0.717, 1.165) is 24.8 Å². The first-order valence-electron chi connectivity index (χ1n) is 14.1. The lowest BCUT2D eigenvalue weighted by molar-refractivity contribution is -0.0907. The molecule has 0 radical (unpaired) electrons. The van der Waals surface area contributed by atoms with Crippen molar-refractivity contribution < 1.29 is 42.0 Å². The number of carbonyl (C=O) groups excluding carboxylic acids is 1. The summed E-state index contributed by atoms with van der Waals surface area (Å²) < 4.78 is 56.9. The minimum Gasteiger partial charge on any atom is -0.497 e. The van der Waals surface area contributed by atoms with E-state index in [4.69, 9.17) is 23.7 Å². The fourth-order valence-corrected chi connectivity index (χ4v) is 7.11. The molecule has 3 heterocycles. The zero-order valence-corrected chi connectivity index (χ0v) is 24.0. The quantitative estimate of drug-likeness (QED) is 0.476. The van der Waals surface area contributed by atoms with Gasteiger partial charge in [-0.3, -0.25) is 0 Å². The molecule has 5 rings (SSSR count). The third kappa shape index (κ3) is 7.12. The second kappa shape index (κ2) is 13.4. The number of hydrogen-bond acceptors (Lipinski definition) is 9. The number of fused-ring (bicyclic) bond motifs is 2. The highest BCUT2D eigenvalue weighted by atomic mass is 32.2. The number of aliphatic hydroxyl groups is 1. The number of β-amino-alcohol motifs (C(OH)–C–C–N with tert-alkyl or cyclic N) is 1. The van der Waals surface area contributed by atoms with E-state index in [2.05, 4.69) is 5.32 Å². The molecule has 2 aromatic carbocycles. The summed E-state index contributed by atoms with van der Waals surface area (Å²) in [6, 6.07) is 13.2. The molecule has 224 valence electrons. The molecule has 3 aliphatic rings. The van der Waals surface area contributed by atoms with Gasteiger partial charge in [0.2, 0.25) is 10.0 Å². The minimum absolute atomic E-state index is 0.00829. The van der Waals surface area contributed by atoms with E-state index in [1.54, 1.807) is 12.1 Å². The van der Waals surface area contributed by atoms with E-state index in [9.17, 15) is 18.3 Å². The molecule has 0 saturated carbocycles. The molecule has 12 heteroatoms. The summed E-state index contributed by atoms with van der Waals surface area (Å²) in [5.41, 5.74) is 0.875. The van der Waals surface area contributed by atoms with Crippen LogP contribution >= 0.6 is 0 Å². The Morgan fingerprint density at radius 1 is 1.12 bits per heavy atom. The highest BCUT2D eigenvalue weighted by molar-refractivity contribution is 7.89. The Morgan fingerprint density at radius 3 is 2.76 bits per heavy atom. The lowest BCUT2D eigenvalue weighted by atomic mass is 10.0. The average molecular weight is 591 g/mol. The summed E-state index contributed by atoms with van der Waals surface area (Å²) in [4.78, 5) is 13.0. The van der Waals surface area contributed by atoms with Gasteiger partial charge in [0.05, 0.1) is 45.0 Å². The average Bonchev–Trinajstić information content (AvgIpc) is 3.59. The van der Waals surface area contributed by atoms with E-state index in [1.807, 2.05) is 30.3 Å². The molecule has 3 aliphatic heterocycles. The Bertz CT molecular complexity index is 1280. The van der Waals surface area contributed by atoms with E-state index in [0.29, 0.717) is 25.4 Å². The number of amides is 1. The van der Waals surface area contributed by atoms with Crippen molar-refractivity contribution in [3.63, 3.8) is 0 Å². The van der Waals surface area contributed by atoms with Crippen LogP contribution in [0.4, 0.5) is 4.79 Å². The van der Waals surface area contributed by atoms with Gasteiger partial charge in [-0.15, -0.1) is 0 Å². The molecule has 2 saturated heterocycles. The van der Waals surface area contributed by atoms with Gasteiger partial charge in [-0.1, -0.05) is 30.3 Å². The topological polar surface area (TPSA) is 133 Å². The lowest BCUT2D eigenvalue weighted by Crippen LogP contribution is -2.51. The number of benzene rings is 2. The fraction of sp³-hybridized carbons (Fsp3) is 0.552. The molecule has 2 N–H and O–H groups in total. The monoisotopic (exact) mass is 590 g/mol. The molecular formula is C29H38N2O9S. The third-order valence-electron chi connectivity index (χ3n) is 7.78. The SMILES string of the molecule is COc1ccc2c(c1)OCCCCCN(C[C@@H](O)[C@H](Cc1ccccc1)NC(=O)O[C@H]1CO[C@H]3OCC[C@H]31)S2(=O)=O. The van der Waals surface area contributed by atoms with Crippen molar-refractivity contribution in [1.29, 1.82) is 0 Å². The number of rotatable bonds is 8. The second-order valence-electron chi connectivity index (χ2n) is 10.6. The summed E-state index contributed by atoms with van der Waals surface area (Å²) in [5.74, 6) is 0.663. The Labute approximate surface area is 240 Å². The molecule has 0 spiro atoms. The first kappa shape index (κ1) is 29.6. The third-order valence-corrected chi connectivity index (χ3v) is 9.68. The summed E-state index contributed by atoms with van der Waals surface area (Å²) in [7, 11) is -2.54. The normalized spacial score (nSPS) is 25.7. The first-order chi connectivity index (χ1) is 19.8. The van der Waals surface area contributed by atoms with Crippen LogP contribution in [0.3, 0.4) is 0 Å². The van der Waals surface area contributed by atoms with Crippen molar-refractivity contribution in [2.24, 2.45) is 5.92 Å². The maximum atomic E-state index is 13.9. The number of hydrogen-bond donors (Lipinski definition) is 2. The van der Waals surface area contributed by atoms with E-state index in [-0.39, 0.29) is 49.0 Å². The van der Waals surface area contributed by atoms with Crippen LogP contribution in [0, 0.1) is 5.92 Å². The predicted octanol–water partition coefficient (Wildman–Crippen LogP) is 2.71. The molecule has 0 bridgehead atoms. The highest BCUT2D eigenvalue weighted by Gasteiger charge is 2.44. The van der Waals surface area contributed by atoms with Crippen LogP contribution in [0.1, 0.15) is 31.2 Å². The second-order valence-corrected chi connectivity index (χ2v) is 12.5. The van der Waals surface area contributed by atoms with Crippen LogP contribution in [0.15, 0.2) is 53.4 Å². The van der Waals surface area contributed by atoms with Crippen LogP contribution in [-0.4, -0.2) is 88.5 Å². The van der Waals surface area contributed by atoms with Gasteiger partial charge in [0.25, 0.3) is 0 Å². The molecule has 5 atom stereocenters. The molecule has 0 aromatic heterocycles. The smallest absolute Gasteiger partial charge is 0.407 e. The van der Waals surface area contributed by atoms with Crippen LogP contribution < -0.4 is 14.8 Å². The largest absolute Gasteiger partial charge is 0.497 e. The standard InChI is InChI=1S/C29H38N2O9S/c1-36-21-10-11-27-25(17-21)37-14-7-3-6-13-31(41(27,34)35)18-24(32)23(16-20-8-4-2-5-9-20)30-29(33)40-26-19-39-28-22(26)12-15-38-28/h2,4-5,8-11,17,22-24,26,28,32H,3,6-7,12-16,18-19H2,1H3,(H,30,33)/t22-,23-,24+,26-,28+/m0/s1. The van der Waals surface area contributed by atoms with Crippen molar-refractivity contribution in [3.05, 3.63) is 54.1 Å². The zero-order chi connectivity index (χ0) is 28.8. The molecule has 2 aromatic rings. The number of aliphatic hydroxyl groups excluding tert-OH is 1. The Morgan fingerprint density at radius 2 is 1.95 bits per heavy atom. The molecular weight excluding hydrogens is 552 g/mol. The molecule has 1 amide bonds. The number of nitrogens with one attached hydrogen (secondary N) is 1. The predicted molar refractivity (Wildman–Crippen MR) is 148 cm³/mol. The number of methoxy groups -OCH3 is 1. The summed E-state index contributed by atoms with van der Waals surface area (Å²) >= 11 is 0. The molecule has 41 heavy (non-hydrogen) atoms. The molecule has 0 unspecified atom stereocenters.